The first-order chi connectivity index (χ1) is 10.2. The second-order valence-electron chi connectivity index (χ2n) is 5.92. The molecule has 0 radical (unpaired) electrons. The number of rotatable bonds is 5. The minimum atomic E-state index is -0.596. The molecular formula is C14H22N6O. The van der Waals surface area contributed by atoms with Crippen molar-refractivity contribution in [2.45, 2.75) is 64.0 Å². The quantitative estimate of drug-likeness (QED) is 0.864. The van der Waals surface area contributed by atoms with Crippen molar-refractivity contribution in [3.63, 3.8) is 0 Å². The summed E-state index contributed by atoms with van der Waals surface area (Å²) in [6.45, 7) is 2.55. The van der Waals surface area contributed by atoms with Crippen molar-refractivity contribution < 1.29 is 5.11 Å². The second-order valence-corrected chi connectivity index (χ2v) is 5.92. The monoisotopic (exact) mass is 290 g/mol. The molecule has 0 unspecified atom stereocenters. The highest BCUT2D eigenvalue weighted by Crippen LogP contribution is 2.30. The Morgan fingerprint density at radius 2 is 2.14 bits per heavy atom. The Morgan fingerprint density at radius 1 is 1.33 bits per heavy atom. The molecule has 114 valence electrons. The lowest BCUT2D eigenvalue weighted by atomic mass is 9.82. The number of nitrogens with zero attached hydrogens (tertiary/aromatic N) is 5. The van der Waals surface area contributed by atoms with E-state index < -0.39 is 5.60 Å². The van der Waals surface area contributed by atoms with Crippen LogP contribution in [-0.2, 0) is 19.4 Å². The van der Waals surface area contributed by atoms with Crippen molar-refractivity contribution in [3.8, 4) is 0 Å². The smallest absolute Gasteiger partial charge is 0.150 e. The van der Waals surface area contributed by atoms with Gasteiger partial charge in [-0.2, -0.15) is 5.10 Å². The van der Waals surface area contributed by atoms with Crippen LogP contribution in [0.25, 0.3) is 0 Å². The third-order valence-electron chi connectivity index (χ3n) is 4.09. The average Bonchev–Trinajstić information content (AvgIpc) is 3.09. The summed E-state index contributed by atoms with van der Waals surface area (Å²) in [5, 5.41) is 25.8. The summed E-state index contributed by atoms with van der Waals surface area (Å²) in [5.74, 6) is 1.58. The number of aromatic nitrogens is 6. The van der Waals surface area contributed by atoms with Crippen LogP contribution in [0.2, 0.25) is 0 Å². The highest BCUT2D eigenvalue weighted by Gasteiger charge is 2.30. The van der Waals surface area contributed by atoms with Gasteiger partial charge >= 0.3 is 0 Å². The minimum absolute atomic E-state index is 0.526. The molecule has 21 heavy (non-hydrogen) atoms. The predicted octanol–water partition coefficient (Wildman–Crippen LogP) is 1.24. The molecule has 0 amide bonds. The van der Waals surface area contributed by atoms with Gasteiger partial charge in [0, 0.05) is 19.0 Å². The van der Waals surface area contributed by atoms with Crippen LogP contribution in [-0.4, -0.2) is 40.9 Å². The van der Waals surface area contributed by atoms with Gasteiger partial charge in [-0.15, -0.1) is 5.10 Å². The zero-order valence-electron chi connectivity index (χ0n) is 12.4. The number of aryl methyl sites for hydroxylation is 1. The molecule has 3 rings (SSSR count). The fourth-order valence-electron chi connectivity index (χ4n) is 2.94. The Morgan fingerprint density at radius 3 is 2.86 bits per heavy atom. The van der Waals surface area contributed by atoms with Crippen molar-refractivity contribution in [2.75, 3.05) is 0 Å². The van der Waals surface area contributed by atoms with Gasteiger partial charge in [-0.05, 0) is 12.8 Å². The second kappa shape index (κ2) is 5.93. The first-order valence-electron chi connectivity index (χ1n) is 7.68. The molecule has 7 heteroatoms. The van der Waals surface area contributed by atoms with Crippen molar-refractivity contribution >= 4 is 0 Å². The number of H-pyrrole nitrogens is 1. The normalized spacial score (nSPS) is 18.0. The Hall–Kier alpha value is -1.76. The molecule has 1 fully saturated rings. The van der Waals surface area contributed by atoms with Crippen LogP contribution in [0.4, 0.5) is 0 Å². The molecule has 2 N–H and O–H groups in total. The number of aliphatic hydroxyl groups is 1. The van der Waals surface area contributed by atoms with E-state index in [1.165, 1.54) is 6.42 Å². The van der Waals surface area contributed by atoms with Gasteiger partial charge < -0.3 is 5.11 Å². The van der Waals surface area contributed by atoms with Gasteiger partial charge in [0.25, 0.3) is 0 Å². The van der Waals surface area contributed by atoms with Crippen molar-refractivity contribution in [3.05, 3.63) is 23.5 Å². The van der Waals surface area contributed by atoms with E-state index in [4.69, 9.17) is 0 Å². The lowest BCUT2D eigenvalue weighted by Crippen LogP contribution is -2.33. The summed E-state index contributed by atoms with van der Waals surface area (Å²) in [5.41, 5.74) is 0.246. The first-order valence-corrected chi connectivity index (χ1v) is 7.68. The van der Waals surface area contributed by atoms with E-state index in [-0.39, 0.29) is 0 Å². The molecule has 1 saturated carbocycles. The number of hydrogen-bond acceptors (Lipinski definition) is 5. The molecule has 0 aliphatic heterocycles. The molecule has 0 bridgehead atoms. The first kappa shape index (κ1) is 14.2. The van der Waals surface area contributed by atoms with Gasteiger partial charge in [0.05, 0.1) is 11.3 Å². The van der Waals surface area contributed by atoms with E-state index >= 15 is 0 Å². The maximum Gasteiger partial charge on any atom is 0.150 e. The van der Waals surface area contributed by atoms with Crippen LogP contribution in [0.3, 0.4) is 0 Å². The predicted molar refractivity (Wildman–Crippen MR) is 76.6 cm³/mol. The summed E-state index contributed by atoms with van der Waals surface area (Å²) in [7, 11) is 0. The van der Waals surface area contributed by atoms with Gasteiger partial charge in [0.2, 0.25) is 0 Å². The van der Waals surface area contributed by atoms with Crippen LogP contribution < -0.4 is 0 Å². The summed E-state index contributed by atoms with van der Waals surface area (Å²) >= 11 is 0. The number of hydrogen-bond donors (Lipinski definition) is 2. The van der Waals surface area contributed by atoms with Crippen molar-refractivity contribution in [1.29, 1.82) is 0 Å². The highest BCUT2D eigenvalue weighted by molar-refractivity contribution is 5.02. The van der Waals surface area contributed by atoms with Gasteiger partial charge in [0.15, 0.2) is 5.82 Å². The van der Waals surface area contributed by atoms with E-state index in [2.05, 4.69) is 25.5 Å². The molecule has 0 atom stereocenters. The third kappa shape index (κ3) is 3.47. The number of nitrogens with one attached hydrogen (secondary N) is 1. The topological polar surface area (TPSA) is 92.5 Å². The number of aromatic amines is 1. The lowest BCUT2D eigenvalue weighted by molar-refractivity contribution is 0.00364. The maximum atomic E-state index is 10.6. The van der Waals surface area contributed by atoms with Crippen LogP contribution >= 0.6 is 0 Å². The molecule has 1 aliphatic rings. The van der Waals surface area contributed by atoms with Crippen LogP contribution in [0, 0.1) is 0 Å². The Bertz CT molecular complexity index is 584. The highest BCUT2D eigenvalue weighted by atomic mass is 16.3. The molecule has 0 spiro atoms. The van der Waals surface area contributed by atoms with Crippen molar-refractivity contribution in [1.82, 2.24) is 30.2 Å². The molecule has 2 aromatic heterocycles. The van der Waals surface area contributed by atoms with E-state index in [0.717, 1.165) is 49.4 Å². The van der Waals surface area contributed by atoms with E-state index in [9.17, 15) is 5.11 Å². The van der Waals surface area contributed by atoms with E-state index in [1.807, 2.05) is 13.1 Å². The van der Waals surface area contributed by atoms with Gasteiger partial charge in [0.1, 0.15) is 12.4 Å². The SMILES string of the molecule is CCc1n[nH]c(Cn2cc(CC3(O)CCCCC3)nn2)n1. The summed E-state index contributed by atoms with van der Waals surface area (Å²) < 4.78 is 1.74. The molecule has 2 aromatic rings. The fraction of sp³-hybridized carbons (Fsp3) is 0.714. The average molecular weight is 290 g/mol. The molecule has 0 aromatic carbocycles. The van der Waals surface area contributed by atoms with Gasteiger partial charge in [-0.1, -0.05) is 31.4 Å². The Balaban J connectivity index is 1.63. The van der Waals surface area contributed by atoms with Crippen LogP contribution in [0.15, 0.2) is 6.20 Å². The van der Waals surface area contributed by atoms with Crippen molar-refractivity contribution in [2.24, 2.45) is 0 Å². The molecular weight excluding hydrogens is 268 g/mol. The van der Waals surface area contributed by atoms with Crippen LogP contribution in [0.1, 0.15) is 56.4 Å². The molecule has 0 saturated heterocycles. The van der Waals surface area contributed by atoms with E-state index in [0.29, 0.717) is 13.0 Å². The van der Waals surface area contributed by atoms with Gasteiger partial charge in [-0.3, -0.25) is 5.10 Å². The Labute approximate surface area is 123 Å². The largest absolute Gasteiger partial charge is 0.389 e. The van der Waals surface area contributed by atoms with E-state index in [1.54, 1.807) is 4.68 Å². The standard InChI is InChI=1S/C14H22N6O/c1-2-12-15-13(18-17-12)10-20-9-11(16-19-20)8-14(21)6-4-3-5-7-14/h9,21H,2-8,10H2,1H3,(H,15,17,18). The third-order valence-corrected chi connectivity index (χ3v) is 4.09. The molecule has 2 heterocycles. The molecule has 7 nitrogen and oxygen atoms in total. The molecule has 1 aliphatic carbocycles. The zero-order chi connectivity index (χ0) is 14.7. The Kier molecular flexibility index (Phi) is 4.01. The maximum absolute atomic E-state index is 10.6. The zero-order valence-corrected chi connectivity index (χ0v) is 12.4. The summed E-state index contributed by atoms with van der Waals surface area (Å²) in [4.78, 5) is 4.36. The lowest BCUT2D eigenvalue weighted by Gasteiger charge is -2.31. The fourth-order valence-corrected chi connectivity index (χ4v) is 2.94. The minimum Gasteiger partial charge on any atom is -0.389 e. The summed E-state index contributed by atoms with van der Waals surface area (Å²) in [6, 6.07) is 0. The van der Waals surface area contributed by atoms with Gasteiger partial charge in [-0.25, -0.2) is 9.67 Å². The van der Waals surface area contributed by atoms with Crippen LogP contribution in [0.5, 0.6) is 0 Å². The summed E-state index contributed by atoms with van der Waals surface area (Å²) in [6.07, 6.45) is 8.44.